The van der Waals surface area contributed by atoms with E-state index in [1.54, 1.807) is 43.1 Å². The van der Waals surface area contributed by atoms with Gasteiger partial charge in [-0.05, 0) is 48.7 Å². The fraction of sp³-hybridized carbons (Fsp3) is 0.179. The number of methoxy groups -OCH3 is 2. The quantitative estimate of drug-likeness (QED) is 0.335. The van der Waals surface area contributed by atoms with Gasteiger partial charge in [-0.3, -0.25) is 14.2 Å². The summed E-state index contributed by atoms with van der Waals surface area (Å²) in [5.74, 6) is 1.70. The van der Waals surface area contributed by atoms with E-state index in [0.29, 0.717) is 41.3 Å². The first-order chi connectivity index (χ1) is 17.0. The average Bonchev–Trinajstić information content (AvgIpc) is 2.88. The van der Waals surface area contributed by atoms with Crippen molar-refractivity contribution in [2.24, 2.45) is 0 Å². The molecule has 176 valence electrons. The molecule has 0 saturated carbocycles. The fourth-order valence-electron chi connectivity index (χ4n) is 4.30. The zero-order chi connectivity index (χ0) is 24.5. The number of fused-ring (bicyclic) bond motifs is 2. The van der Waals surface area contributed by atoms with Gasteiger partial charge in [-0.15, -0.1) is 0 Å². The normalized spacial score (nSPS) is 11.2. The second-order valence-electron chi connectivity index (χ2n) is 8.25. The van der Waals surface area contributed by atoms with Crippen molar-refractivity contribution >= 4 is 22.1 Å². The van der Waals surface area contributed by atoms with Gasteiger partial charge in [0.25, 0.3) is 5.56 Å². The smallest absolute Gasteiger partial charge is 0.269 e. The number of hydrogen-bond acceptors (Lipinski definition) is 6. The summed E-state index contributed by atoms with van der Waals surface area (Å²) in [4.78, 5) is 31.7. The number of aryl methyl sites for hydroxylation is 2. The van der Waals surface area contributed by atoms with Gasteiger partial charge in [-0.25, -0.2) is 0 Å². The molecule has 5 rings (SSSR count). The van der Waals surface area contributed by atoms with Gasteiger partial charge in [0, 0.05) is 12.1 Å². The summed E-state index contributed by atoms with van der Waals surface area (Å²) in [6.07, 6.45) is 0.519. The van der Waals surface area contributed by atoms with Crippen LogP contribution in [0.4, 0.5) is 0 Å². The van der Waals surface area contributed by atoms with Crippen LogP contribution in [-0.2, 0) is 13.0 Å². The molecular weight excluding hydrogens is 444 g/mol. The van der Waals surface area contributed by atoms with Crippen LogP contribution in [0.2, 0.25) is 0 Å². The molecule has 7 nitrogen and oxygen atoms in total. The molecular formula is C28H24N2O5. The van der Waals surface area contributed by atoms with Crippen LogP contribution in [0.5, 0.6) is 11.5 Å². The van der Waals surface area contributed by atoms with E-state index in [2.05, 4.69) is 0 Å². The third kappa shape index (κ3) is 3.95. The molecule has 2 aromatic heterocycles. The number of para-hydroxylation sites is 1. The Kier molecular flexibility index (Phi) is 5.82. The van der Waals surface area contributed by atoms with E-state index in [1.165, 1.54) is 0 Å². The van der Waals surface area contributed by atoms with Gasteiger partial charge < -0.3 is 13.9 Å². The number of nitrogens with zero attached hydrogens (tertiary/aromatic N) is 2. The van der Waals surface area contributed by atoms with Crippen molar-refractivity contribution in [2.75, 3.05) is 14.2 Å². The van der Waals surface area contributed by atoms with Crippen LogP contribution >= 0.6 is 0 Å². The molecule has 0 bridgehead atoms. The number of rotatable bonds is 6. The minimum Gasteiger partial charge on any atom is -0.493 e. The van der Waals surface area contributed by atoms with E-state index in [9.17, 15) is 9.59 Å². The van der Waals surface area contributed by atoms with Crippen LogP contribution < -0.4 is 20.5 Å². The molecule has 0 N–H and O–H groups in total. The van der Waals surface area contributed by atoms with E-state index in [-0.39, 0.29) is 16.5 Å². The zero-order valence-electron chi connectivity index (χ0n) is 19.7. The number of benzene rings is 3. The van der Waals surface area contributed by atoms with Crippen LogP contribution in [0.25, 0.3) is 33.5 Å². The molecule has 0 unspecified atom stereocenters. The zero-order valence-corrected chi connectivity index (χ0v) is 19.7. The number of hydrogen-bond donors (Lipinski definition) is 0. The molecule has 0 aliphatic carbocycles. The summed E-state index contributed by atoms with van der Waals surface area (Å²) < 4.78 is 18.2. The van der Waals surface area contributed by atoms with Crippen molar-refractivity contribution in [3.8, 4) is 22.9 Å². The van der Waals surface area contributed by atoms with Crippen LogP contribution in [-0.4, -0.2) is 23.8 Å². The Morgan fingerprint density at radius 3 is 2.43 bits per heavy atom. The fourth-order valence-corrected chi connectivity index (χ4v) is 4.30. The lowest BCUT2D eigenvalue weighted by atomic mass is 10.1. The Morgan fingerprint density at radius 1 is 0.914 bits per heavy atom. The van der Waals surface area contributed by atoms with Gasteiger partial charge in [-0.2, -0.15) is 4.98 Å². The van der Waals surface area contributed by atoms with Crippen LogP contribution in [0.3, 0.4) is 0 Å². The molecule has 0 spiro atoms. The summed E-state index contributed by atoms with van der Waals surface area (Å²) >= 11 is 0. The highest BCUT2D eigenvalue weighted by molar-refractivity contribution is 5.88. The van der Waals surface area contributed by atoms with E-state index < -0.39 is 5.56 Å². The maximum absolute atomic E-state index is 13.8. The Hall–Kier alpha value is -4.39. The van der Waals surface area contributed by atoms with Gasteiger partial charge in [0.15, 0.2) is 16.9 Å². The molecule has 3 aromatic carbocycles. The molecule has 0 saturated heterocycles. The Bertz CT molecular complexity index is 1680. The van der Waals surface area contributed by atoms with E-state index in [1.807, 2.05) is 49.4 Å². The largest absolute Gasteiger partial charge is 0.493 e. The maximum Gasteiger partial charge on any atom is 0.269 e. The summed E-state index contributed by atoms with van der Waals surface area (Å²) in [5, 5.41) is 0.308. The van der Waals surface area contributed by atoms with Gasteiger partial charge in [0.05, 0.1) is 19.6 Å². The van der Waals surface area contributed by atoms with Crippen molar-refractivity contribution < 1.29 is 13.9 Å². The minimum absolute atomic E-state index is 0.0410. The molecule has 0 aliphatic rings. The predicted octanol–water partition coefficient (Wildman–Crippen LogP) is 4.74. The maximum atomic E-state index is 13.8. The minimum atomic E-state index is -0.423. The first kappa shape index (κ1) is 22.4. The van der Waals surface area contributed by atoms with Crippen molar-refractivity contribution in [3.63, 3.8) is 0 Å². The summed E-state index contributed by atoms with van der Waals surface area (Å²) in [5.41, 5.74) is 2.35. The number of ether oxygens (including phenoxy) is 2. The Morgan fingerprint density at radius 2 is 1.66 bits per heavy atom. The number of aromatic nitrogens is 2. The summed E-state index contributed by atoms with van der Waals surface area (Å²) in [6.45, 7) is 2.27. The van der Waals surface area contributed by atoms with Gasteiger partial charge in [0.1, 0.15) is 11.4 Å². The van der Waals surface area contributed by atoms with Crippen molar-refractivity contribution in [1.29, 1.82) is 0 Å². The van der Waals surface area contributed by atoms with E-state index in [4.69, 9.17) is 18.9 Å². The first-order valence-electron chi connectivity index (χ1n) is 11.2. The van der Waals surface area contributed by atoms with Crippen LogP contribution in [0, 0.1) is 6.92 Å². The van der Waals surface area contributed by atoms with Gasteiger partial charge in [0.2, 0.25) is 11.1 Å². The predicted molar refractivity (Wildman–Crippen MR) is 135 cm³/mol. The molecule has 0 amide bonds. The standard InChI is InChI=1S/C28H24N2O5/c1-17-8-4-5-9-19(17)26-29-27-24(25(31)20-10-6-7-11-21(20)35-27)28(32)30(26)15-14-18-12-13-22(33-2)23(16-18)34-3/h4-13,16H,14-15H2,1-3H3. The van der Waals surface area contributed by atoms with Crippen molar-refractivity contribution in [2.45, 2.75) is 19.9 Å². The summed E-state index contributed by atoms with van der Waals surface area (Å²) in [7, 11) is 3.17. The Labute approximate surface area is 201 Å². The lowest BCUT2D eigenvalue weighted by molar-refractivity contribution is 0.354. The van der Waals surface area contributed by atoms with Crippen LogP contribution in [0.1, 0.15) is 11.1 Å². The third-order valence-electron chi connectivity index (χ3n) is 6.16. The Balaban J connectivity index is 1.71. The highest BCUT2D eigenvalue weighted by atomic mass is 16.5. The second kappa shape index (κ2) is 9.10. The van der Waals surface area contributed by atoms with Gasteiger partial charge in [-0.1, -0.05) is 42.5 Å². The monoisotopic (exact) mass is 468 g/mol. The molecule has 5 aromatic rings. The molecule has 0 fully saturated rings. The molecule has 0 atom stereocenters. The third-order valence-corrected chi connectivity index (χ3v) is 6.16. The van der Waals surface area contributed by atoms with Gasteiger partial charge >= 0.3 is 0 Å². The topological polar surface area (TPSA) is 83.6 Å². The lowest BCUT2D eigenvalue weighted by Crippen LogP contribution is -2.28. The SMILES string of the molecule is COc1ccc(CCn2c(-c3ccccc3C)nc3oc4ccccc4c(=O)c3c2=O)cc1OC. The summed E-state index contributed by atoms with van der Waals surface area (Å²) in [6, 6.07) is 20.2. The first-order valence-corrected chi connectivity index (χ1v) is 11.2. The molecule has 0 radical (unpaired) electrons. The molecule has 7 heteroatoms. The van der Waals surface area contributed by atoms with Crippen molar-refractivity contribution in [1.82, 2.24) is 9.55 Å². The highest BCUT2D eigenvalue weighted by Crippen LogP contribution is 2.28. The molecule has 35 heavy (non-hydrogen) atoms. The average molecular weight is 469 g/mol. The lowest BCUT2D eigenvalue weighted by Gasteiger charge is -2.15. The second-order valence-corrected chi connectivity index (χ2v) is 8.25. The molecule has 2 heterocycles. The van der Waals surface area contributed by atoms with Crippen molar-refractivity contribution in [3.05, 3.63) is 98.4 Å². The van der Waals surface area contributed by atoms with E-state index >= 15 is 0 Å². The van der Waals surface area contributed by atoms with E-state index in [0.717, 1.165) is 16.7 Å². The molecule has 0 aliphatic heterocycles. The highest BCUT2D eigenvalue weighted by Gasteiger charge is 2.20. The van der Waals surface area contributed by atoms with Crippen LogP contribution in [0.15, 0.2) is 80.7 Å².